The molecule has 0 saturated heterocycles. The fourth-order valence-corrected chi connectivity index (χ4v) is 4.28. The van der Waals surface area contributed by atoms with Crippen molar-refractivity contribution in [1.29, 1.82) is 0 Å². The third-order valence-electron chi connectivity index (χ3n) is 4.84. The summed E-state index contributed by atoms with van der Waals surface area (Å²) < 4.78 is 27.4. The van der Waals surface area contributed by atoms with E-state index in [4.69, 9.17) is 9.47 Å². The zero-order valence-electron chi connectivity index (χ0n) is 17.1. The third-order valence-corrected chi connectivity index (χ3v) is 5.78. The summed E-state index contributed by atoms with van der Waals surface area (Å²) in [5.74, 6) is 1.98. The van der Waals surface area contributed by atoms with Gasteiger partial charge in [-0.05, 0) is 32.0 Å². The van der Waals surface area contributed by atoms with Crippen LogP contribution in [0.3, 0.4) is 0 Å². The Bertz CT molecular complexity index is 1170. The summed E-state index contributed by atoms with van der Waals surface area (Å²) >= 11 is 1.58. The first-order chi connectivity index (χ1) is 14.6. The van der Waals surface area contributed by atoms with Gasteiger partial charge in [0.05, 0.1) is 29.8 Å². The maximum Gasteiger partial charge on any atom is 0.147 e. The van der Waals surface area contributed by atoms with E-state index in [-0.39, 0.29) is 5.82 Å². The molecule has 0 saturated carbocycles. The molecule has 4 rings (SSSR count). The molecule has 0 unspecified atom stereocenters. The molecular formula is C22H23FN4O2S. The van der Waals surface area contributed by atoms with Crippen molar-refractivity contribution in [2.24, 2.45) is 0 Å². The predicted molar refractivity (Wildman–Crippen MR) is 118 cm³/mol. The van der Waals surface area contributed by atoms with Crippen LogP contribution in [0.5, 0.6) is 11.5 Å². The van der Waals surface area contributed by atoms with Gasteiger partial charge in [-0.2, -0.15) is 0 Å². The number of hydrogen-bond donors (Lipinski definition) is 1. The minimum atomic E-state index is -0.258. The van der Waals surface area contributed by atoms with Gasteiger partial charge in [-0.3, -0.25) is 0 Å². The summed E-state index contributed by atoms with van der Waals surface area (Å²) in [5.41, 5.74) is 2.36. The molecule has 8 heteroatoms. The SMILES string of the molecule is CCOc1csc(-c2cc(NCCn3c(C)cc4c(OC)ccc(F)c43)ncn2)c1. The van der Waals surface area contributed by atoms with Crippen molar-refractivity contribution in [3.05, 3.63) is 53.6 Å². The first-order valence-corrected chi connectivity index (χ1v) is 10.6. The normalized spacial score (nSPS) is 11.1. The first-order valence-electron chi connectivity index (χ1n) is 9.70. The van der Waals surface area contributed by atoms with Crippen LogP contribution in [0.2, 0.25) is 0 Å². The van der Waals surface area contributed by atoms with Gasteiger partial charge >= 0.3 is 0 Å². The zero-order valence-corrected chi connectivity index (χ0v) is 17.9. The topological polar surface area (TPSA) is 61.2 Å². The molecule has 1 aromatic carbocycles. The number of fused-ring (bicyclic) bond motifs is 1. The highest BCUT2D eigenvalue weighted by atomic mass is 32.1. The van der Waals surface area contributed by atoms with Gasteiger partial charge in [0.15, 0.2) is 0 Å². The Kier molecular flexibility index (Phi) is 5.85. The molecule has 0 fully saturated rings. The molecule has 0 aliphatic rings. The smallest absolute Gasteiger partial charge is 0.147 e. The van der Waals surface area contributed by atoms with Gasteiger partial charge < -0.3 is 19.4 Å². The van der Waals surface area contributed by atoms with Crippen LogP contribution >= 0.6 is 11.3 Å². The second-order valence-electron chi connectivity index (χ2n) is 6.74. The lowest BCUT2D eigenvalue weighted by Gasteiger charge is -2.11. The molecule has 0 aliphatic heterocycles. The molecule has 1 N–H and O–H groups in total. The van der Waals surface area contributed by atoms with Gasteiger partial charge in [0.1, 0.15) is 29.5 Å². The third kappa shape index (κ3) is 3.95. The summed E-state index contributed by atoms with van der Waals surface area (Å²) in [5, 5.41) is 6.06. The standard InChI is InChI=1S/C22H23FN4O2S/c1-4-29-15-10-20(30-12-15)18-11-21(26-13-25-18)24-7-8-27-14(2)9-16-19(28-3)6-5-17(23)22(16)27/h5-6,9-13H,4,7-8H2,1-3H3,(H,24,25,26). The number of anilines is 1. The average Bonchev–Trinajstić information content (AvgIpc) is 3.34. The van der Waals surface area contributed by atoms with Crippen LogP contribution in [-0.4, -0.2) is 34.8 Å². The van der Waals surface area contributed by atoms with Crippen molar-refractivity contribution in [1.82, 2.24) is 14.5 Å². The minimum absolute atomic E-state index is 0.258. The highest BCUT2D eigenvalue weighted by Gasteiger charge is 2.14. The summed E-state index contributed by atoms with van der Waals surface area (Å²) in [4.78, 5) is 9.69. The number of ether oxygens (including phenoxy) is 2. The largest absolute Gasteiger partial charge is 0.496 e. The predicted octanol–water partition coefficient (Wildman–Crippen LogP) is 5.13. The van der Waals surface area contributed by atoms with Gasteiger partial charge in [0.25, 0.3) is 0 Å². The number of nitrogens with one attached hydrogen (secondary N) is 1. The molecule has 30 heavy (non-hydrogen) atoms. The number of thiophene rings is 1. The van der Waals surface area contributed by atoms with Gasteiger partial charge in [-0.1, -0.05) is 0 Å². The van der Waals surface area contributed by atoms with Crippen LogP contribution in [0.1, 0.15) is 12.6 Å². The summed E-state index contributed by atoms with van der Waals surface area (Å²) in [6, 6.07) is 8.94. The molecule has 3 heterocycles. The molecule has 0 bridgehead atoms. The van der Waals surface area contributed by atoms with Crippen LogP contribution in [0.25, 0.3) is 21.5 Å². The van der Waals surface area contributed by atoms with Crippen LogP contribution < -0.4 is 14.8 Å². The van der Waals surface area contributed by atoms with Crippen molar-refractivity contribution in [3.8, 4) is 22.1 Å². The highest BCUT2D eigenvalue weighted by molar-refractivity contribution is 7.13. The maximum atomic E-state index is 14.5. The summed E-state index contributed by atoms with van der Waals surface area (Å²) in [7, 11) is 1.60. The summed E-state index contributed by atoms with van der Waals surface area (Å²) in [6.45, 7) is 5.74. The quantitative estimate of drug-likeness (QED) is 0.423. The van der Waals surface area contributed by atoms with Crippen LogP contribution in [0.4, 0.5) is 10.2 Å². The van der Waals surface area contributed by atoms with E-state index in [1.54, 1.807) is 30.8 Å². The fourth-order valence-electron chi connectivity index (χ4n) is 3.49. The number of methoxy groups -OCH3 is 1. The Morgan fingerprint density at radius 1 is 1.20 bits per heavy atom. The molecule has 0 aliphatic carbocycles. The molecular weight excluding hydrogens is 403 g/mol. The summed E-state index contributed by atoms with van der Waals surface area (Å²) in [6.07, 6.45) is 1.54. The number of nitrogens with zero attached hydrogens (tertiary/aromatic N) is 3. The van der Waals surface area contributed by atoms with Crippen molar-refractivity contribution in [2.45, 2.75) is 20.4 Å². The molecule has 4 aromatic rings. The Labute approximate surface area is 178 Å². The van der Waals surface area contributed by atoms with Gasteiger partial charge in [-0.25, -0.2) is 14.4 Å². The molecule has 0 radical (unpaired) electrons. The van der Waals surface area contributed by atoms with Crippen LogP contribution in [0, 0.1) is 12.7 Å². The van der Waals surface area contributed by atoms with E-state index in [9.17, 15) is 4.39 Å². The monoisotopic (exact) mass is 426 g/mol. The molecule has 3 aromatic heterocycles. The number of benzene rings is 1. The lowest BCUT2D eigenvalue weighted by atomic mass is 10.2. The molecule has 0 atom stereocenters. The van der Waals surface area contributed by atoms with Crippen molar-refractivity contribution < 1.29 is 13.9 Å². The Morgan fingerprint density at radius 3 is 2.87 bits per heavy atom. The molecule has 6 nitrogen and oxygen atoms in total. The lowest BCUT2D eigenvalue weighted by Crippen LogP contribution is -2.12. The minimum Gasteiger partial charge on any atom is -0.496 e. The van der Waals surface area contributed by atoms with Gasteiger partial charge in [0, 0.05) is 41.7 Å². The second kappa shape index (κ2) is 8.71. The zero-order chi connectivity index (χ0) is 21.1. The Morgan fingerprint density at radius 2 is 2.07 bits per heavy atom. The number of aromatic nitrogens is 3. The van der Waals surface area contributed by atoms with E-state index in [1.165, 1.54) is 6.07 Å². The van der Waals surface area contributed by atoms with E-state index in [1.807, 2.05) is 42.0 Å². The lowest BCUT2D eigenvalue weighted by molar-refractivity contribution is 0.342. The van der Waals surface area contributed by atoms with E-state index in [0.717, 1.165) is 33.2 Å². The molecule has 0 spiro atoms. The molecule has 0 amide bonds. The van der Waals surface area contributed by atoms with E-state index >= 15 is 0 Å². The van der Waals surface area contributed by atoms with Crippen molar-refractivity contribution >= 4 is 28.1 Å². The first kappa shape index (κ1) is 20.2. The number of hydrogen-bond acceptors (Lipinski definition) is 6. The van der Waals surface area contributed by atoms with E-state index in [0.29, 0.717) is 31.0 Å². The number of rotatable bonds is 8. The van der Waals surface area contributed by atoms with Gasteiger partial charge in [-0.15, -0.1) is 11.3 Å². The highest BCUT2D eigenvalue weighted by Crippen LogP contribution is 2.32. The molecule has 156 valence electrons. The Balaban J connectivity index is 1.49. The number of aryl methyl sites for hydroxylation is 1. The van der Waals surface area contributed by atoms with Crippen molar-refractivity contribution in [2.75, 3.05) is 25.6 Å². The maximum absolute atomic E-state index is 14.5. The second-order valence-corrected chi connectivity index (χ2v) is 7.66. The number of halogens is 1. The Hall–Kier alpha value is -3.13. The fraction of sp³-hybridized carbons (Fsp3) is 0.273. The van der Waals surface area contributed by atoms with Gasteiger partial charge in [0.2, 0.25) is 0 Å². The van der Waals surface area contributed by atoms with Crippen LogP contribution in [0.15, 0.2) is 42.0 Å². The van der Waals surface area contributed by atoms with E-state index < -0.39 is 0 Å². The van der Waals surface area contributed by atoms with Crippen molar-refractivity contribution in [3.63, 3.8) is 0 Å². The average molecular weight is 427 g/mol. The van der Waals surface area contributed by atoms with E-state index in [2.05, 4.69) is 15.3 Å². The van der Waals surface area contributed by atoms with Crippen LogP contribution in [-0.2, 0) is 6.54 Å².